The summed E-state index contributed by atoms with van der Waals surface area (Å²) in [6.07, 6.45) is 4.67. The van der Waals surface area contributed by atoms with Crippen LogP contribution in [-0.4, -0.2) is 18.4 Å². The average molecular weight is 307 g/mol. The Kier molecular flexibility index (Phi) is 8.46. The maximum atomic E-state index is 3.25. The molecule has 0 aliphatic carbocycles. The van der Waals surface area contributed by atoms with Crippen LogP contribution < -0.4 is 0 Å². The predicted octanol–water partition coefficient (Wildman–Crippen LogP) is 3.45. The van der Waals surface area contributed by atoms with E-state index in [-0.39, 0.29) is 0 Å². The van der Waals surface area contributed by atoms with Gasteiger partial charge >= 0.3 is 99.3 Å². The van der Waals surface area contributed by atoms with Gasteiger partial charge in [0, 0.05) is 0 Å². The normalized spacial score (nSPS) is 8.80. The van der Waals surface area contributed by atoms with Gasteiger partial charge in [-0.2, -0.15) is 0 Å². The van der Waals surface area contributed by atoms with Crippen LogP contribution in [-0.2, 0) is 0 Å². The van der Waals surface area contributed by atoms with Crippen LogP contribution in [0.3, 0.4) is 0 Å². The van der Waals surface area contributed by atoms with Gasteiger partial charge in [-0.05, 0) is 0 Å². The Labute approximate surface area is 99.1 Å². The van der Waals surface area contributed by atoms with Crippen LogP contribution in [0, 0.1) is 33.5 Å². The molecule has 0 nitrogen and oxygen atoms in total. The topological polar surface area (TPSA) is 0 Å². The SMILES string of the molecule is CCCCCC#CC#CC#[C][Sn]([CH3])([CH3])[CH3]. The second-order valence-electron chi connectivity index (χ2n) is 4.51. The van der Waals surface area contributed by atoms with Crippen LogP contribution >= 0.6 is 0 Å². The first kappa shape index (κ1) is 14.5. The van der Waals surface area contributed by atoms with Crippen molar-refractivity contribution in [1.82, 2.24) is 0 Å². The van der Waals surface area contributed by atoms with Crippen molar-refractivity contribution in [3.05, 3.63) is 0 Å². The summed E-state index contributed by atoms with van der Waals surface area (Å²) in [5, 5.41) is 0. The molecule has 0 unspecified atom stereocenters. The summed E-state index contributed by atoms with van der Waals surface area (Å²) in [4.78, 5) is 6.83. The molecule has 15 heavy (non-hydrogen) atoms. The molecule has 0 heterocycles. The molecule has 0 rings (SSSR count). The fourth-order valence-electron chi connectivity index (χ4n) is 0.851. The van der Waals surface area contributed by atoms with E-state index in [0.29, 0.717) is 0 Å². The quantitative estimate of drug-likeness (QED) is 0.425. The van der Waals surface area contributed by atoms with Crippen molar-refractivity contribution < 1.29 is 0 Å². The summed E-state index contributed by atoms with van der Waals surface area (Å²) in [5.74, 6) is 14.4. The van der Waals surface area contributed by atoms with Gasteiger partial charge in [0.05, 0.1) is 0 Å². The predicted molar refractivity (Wildman–Crippen MR) is 70.8 cm³/mol. The van der Waals surface area contributed by atoms with E-state index in [2.05, 4.69) is 55.3 Å². The Hall–Kier alpha value is -0.521. The molecular weight excluding hydrogens is 287 g/mol. The molecule has 0 aromatic heterocycles. The zero-order valence-electron chi connectivity index (χ0n) is 10.3. The van der Waals surface area contributed by atoms with Crippen molar-refractivity contribution in [3.63, 3.8) is 0 Å². The molecule has 0 aliphatic rings. The van der Waals surface area contributed by atoms with Crippen LogP contribution in [0.5, 0.6) is 0 Å². The van der Waals surface area contributed by atoms with Crippen LogP contribution in [0.4, 0.5) is 0 Å². The third kappa shape index (κ3) is 13.5. The van der Waals surface area contributed by atoms with E-state index in [1.54, 1.807) is 0 Å². The molecule has 0 saturated carbocycles. The minimum absolute atomic E-state index is 0.967. The third-order valence-corrected chi connectivity index (χ3v) is 4.12. The molecule has 80 valence electrons. The van der Waals surface area contributed by atoms with Crippen LogP contribution in [0.15, 0.2) is 0 Å². The number of unbranched alkanes of at least 4 members (excludes halogenated alkanes) is 3. The van der Waals surface area contributed by atoms with Gasteiger partial charge in [0.2, 0.25) is 0 Å². The average Bonchev–Trinajstić information content (AvgIpc) is 2.14. The van der Waals surface area contributed by atoms with Crippen molar-refractivity contribution in [2.45, 2.75) is 47.4 Å². The van der Waals surface area contributed by atoms with E-state index in [1.165, 1.54) is 19.3 Å². The summed E-state index contributed by atoms with van der Waals surface area (Å²) in [6, 6.07) is 0. The van der Waals surface area contributed by atoms with Gasteiger partial charge < -0.3 is 0 Å². The van der Waals surface area contributed by atoms with Crippen molar-refractivity contribution >= 4 is 18.4 Å². The van der Waals surface area contributed by atoms with Crippen LogP contribution in [0.1, 0.15) is 32.6 Å². The fourth-order valence-corrected chi connectivity index (χ4v) is 2.10. The molecule has 0 radical (unpaired) electrons. The molecule has 0 amide bonds. The minimum atomic E-state index is -1.91. The Morgan fingerprint density at radius 3 is 2.13 bits per heavy atom. The molecule has 0 fully saturated rings. The van der Waals surface area contributed by atoms with Crippen LogP contribution in [0.25, 0.3) is 0 Å². The van der Waals surface area contributed by atoms with Gasteiger partial charge in [0.15, 0.2) is 0 Å². The Morgan fingerprint density at radius 2 is 1.53 bits per heavy atom. The second kappa shape index (κ2) is 8.76. The first-order valence-electron chi connectivity index (χ1n) is 5.56. The number of hydrogen-bond donors (Lipinski definition) is 0. The number of hydrogen-bond acceptors (Lipinski definition) is 0. The molecule has 1 heteroatoms. The first-order chi connectivity index (χ1) is 7.06. The molecule has 0 spiro atoms. The van der Waals surface area contributed by atoms with E-state index in [0.717, 1.165) is 6.42 Å². The molecule has 0 aliphatic heterocycles. The van der Waals surface area contributed by atoms with Gasteiger partial charge in [0.25, 0.3) is 0 Å². The monoisotopic (exact) mass is 308 g/mol. The van der Waals surface area contributed by atoms with Crippen LogP contribution in [0.2, 0.25) is 14.8 Å². The van der Waals surface area contributed by atoms with Crippen molar-refractivity contribution in [2.75, 3.05) is 0 Å². The molecule has 0 N–H and O–H groups in total. The molecule has 0 aromatic carbocycles. The second-order valence-corrected chi connectivity index (χ2v) is 18.1. The van der Waals surface area contributed by atoms with Gasteiger partial charge in [-0.3, -0.25) is 0 Å². The van der Waals surface area contributed by atoms with Gasteiger partial charge in [-0.1, -0.05) is 0 Å². The van der Waals surface area contributed by atoms with Gasteiger partial charge in [-0.15, -0.1) is 0 Å². The fraction of sp³-hybridized carbons (Fsp3) is 0.571. The molecule has 0 bridgehead atoms. The Morgan fingerprint density at radius 1 is 0.867 bits per heavy atom. The van der Waals surface area contributed by atoms with E-state index in [4.69, 9.17) is 0 Å². The van der Waals surface area contributed by atoms with E-state index in [1.807, 2.05) is 0 Å². The van der Waals surface area contributed by atoms with Crippen molar-refractivity contribution in [2.24, 2.45) is 0 Å². The summed E-state index contributed by atoms with van der Waals surface area (Å²) < 4.78 is 3.25. The summed E-state index contributed by atoms with van der Waals surface area (Å²) >= 11 is -1.91. The van der Waals surface area contributed by atoms with Crippen molar-refractivity contribution in [1.29, 1.82) is 0 Å². The molecule has 0 atom stereocenters. The third-order valence-electron chi connectivity index (χ3n) is 1.62. The summed E-state index contributed by atoms with van der Waals surface area (Å²) in [7, 11) is 0. The Bertz CT molecular complexity index is 338. The molecule has 0 aromatic rings. The van der Waals surface area contributed by atoms with Crippen molar-refractivity contribution in [3.8, 4) is 33.5 Å². The first-order valence-corrected chi connectivity index (χ1v) is 15.6. The standard InChI is InChI=1S/C11H11.3CH3.Sn/c1-3-5-7-9-11-10-8-6-4-2;;;;/h3,5,7,9H2,1H3;3*1H3;. The summed E-state index contributed by atoms with van der Waals surface area (Å²) in [5.41, 5.74) is 0. The van der Waals surface area contributed by atoms with Gasteiger partial charge in [0.1, 0.15) is 0 Å². The maximum absolute atomic E-state index is 3.25. The zero-order valence-corrected chi connectivity index (χ0v) is 13.2. The van der Waals surface area contributed by atoms with E-state index >= 15 is 0 Å². The van der Waals surface area contributed by atoms with Gasteiger partial charge in [-0.25, -0.2) is 0 Å². The molecular formula is C14H20Sn. The van der Waals surface area contributed by atoms with E-state index < -0.39 is 18.4 Å². The zero-order chi connectivity index (χ0) is 11.6. The summed E-state index contributed by atoms with van der Waals surface area (Å²) in [6.45, 7) is 2.20. The Balaban J connectivity index is 3.83. The van der Waals surface area contributed by atoms with E-state index in [9.17, 15) is 0 Å². The molecule has 0 saturated heterocycles. The number of rotatable bonds is 3.